The molecule has 0 radical (unpaired) electrons. The monoisotopic (exact) mass is 420 g/mol. The Bertz CT molecular complexity index is 1150. The second-order valence-electron chi connectivity index (χ2n) is 7.02. The van der Waals surface area contributed by atoms with Crippen LogP contribution >= 0.6 is 0 Å². The van der Waals surface area contributed by atoms with E-state index in [1.54, 1.807) is 18.5 Å². The number of hydrogen-bond acceptors (Lipinski definition) is 3. The summed E-state index contributed by atoms with van der Waals surface area (Å²) < 4.78 is 44.7. The molecule has 3 nitrogen and oxygen atoms in total. The number of ether oxygens (including phenoxy) is 1. The molecule has 0 N–H and O–H groups in total. The van der Waals surface area contributed by atoms with E-state index >= 15 is 0 Å². The van der Waals surface area contributed by atoms with Crippen molar-refractivity contribution in [3.63, 3.8) is 0 Å². The molecule has 3 aromatic carbocycles. The van der Waals surface area contributed by atoms with E-state index in [1.165, 1.54) is 12.4 Å². The van der Waals surface area contributed by atoms with E-state index in [4.69, 9.17) is 4.74 Å². The standard InChI is InChI=1S/C25H19F3N2O/c26-25(27,28)22-10-4-6-18(12-22)15-31-16-20-9-5-11-23(19-7-2-1-3-8-19)24(20)21-13-29-17-30-14-21/h1-14,17H,15-16H2. The summed E-state index contributed by atoms with van der Waals surface area (Å²) in [4.78, 5) is 8.28. The first-order chi connectivity index (χ1) is 15.0. The minimum Gasteiger partial charge on any atom is -0.372 e. The van der Waals surface area contributed by atoms with Gasteiger partial charge in [-0.25, -0.2) is 9.97 Å². The maximum absolute atomic E-state index is 12.9. The number of nitrogens with zero attached hydrogens (tertiary/aromatic N) is 2. The molecule has 0 fully saturated rings. The number of alkyl halides is 3. The second kappa shape index (κ2) is 9.10. The van der Waals surface area contributed by atoms with Crippen LogP contribution in [0.1, 0.15) is 16.7 Å². The average Bonchev–Trinajstić information content (AvgIpc) is 2.80. The summed E-state index contributed by atoms with van der Waals surface area (Å²) in [6.45, 7) is 0.311. The highest BCUT2D eigenvalue weighted by atomic mass is 19.4. The molecule has 0 spiro atoms. The van der Waals surface area contributed by atoms with E-state index in [1.807, 2.05) is 48.5 Å². The number of halogens is 3. The first-order valence-corrected chi connectivity index (χ1v) is 9.69. The van der Waals surface area contributed by atoms with Crippen LogP contribution < -0.4 is 0 Å². The van der Waals surface area contributed by atoms with Crippen LogP contribution in [0.4, 0.5) is 13.2 Å². The van der Waals surface area contributed by atoms with Crippen molar-refractivity contribution < 1.29 is 17.9 Å². The van der Waals surface area contributed by atoms with Gasteiger partial charge in [-0.15, -0.1) is 0 Å². The van der Waals surface area contributed by atoms with Crippen LogP contribution in [0.3, 0.4) is 0 Å². The zero-order chi connectivity index (χ0) is 21.7. The molecule has 0 unspecified atom stereocenters. The lowest BCUT2D eigenvalue weighted by atomic mass is 9.92. The largest absolute Gasteiger partial charge is 0.416 e. The van der Waals surface area contributed by atoms with Gasteiger partial charge in [0.2, 0.25) is 0 Å². The van der Waals surface area contributed by atoms with Crippen LogP contribution in [-0.4, -0.2) is 9.97 Å². The van der Waals surface area contributed by atoms with Gasteiger partial charge in [-0.05, 0) is 39.9 Å². The zero-order valence-electron chi connectivity index (χ0n) is 16.5. The summed E-state index contributed by atoms with van der Waals surface area (Å²) >= 11 is 0. The Kier molecular flexibility index (Phi) is 6.09. The van der Waals surface area contributed by atoms with Gasteiger partial charge >= 0.3 is 6.18 Å². The van der Waals surface area contributed by atoms with Gasteiger partial charge in [0.15, 0.2) is 0 Å². The number of hydrogen-bond donors (Lipinski definition) is 0. The Morgan fingerprint density at radius 1 is 0.742 bits per heavy atom. The summed E-state index contributed by atoms with van der Waals surface area (Å²) in [5.74, 6) is 0. The summed E-state index contributed by atoms with van der Waals surface area (Å²) in [5, 5.41) is 0. The van der Waals surface area contributed by atoms with Gasteiger partial charge in [0.1, 0.15) is 6.33 Å². The van der Waals surface area contributed by atoms with Crippen molar-refractivity contribution in [3.8, 4) is 22.3 Å². The van der Waals surface area contributed by atoms with Gasteiger partial charge in [-0.2, -0.15) is 13.2 Å². The molecule has 0 amide bonds. The average molecular weight is 420 g/mol. The number of benzene rings is 3. The highest BCUT2D eigenvalue weighted by molar-refractivity contribution is 5.85. The number of rotatable bonds is 6. The molecule has 31 heavy (non-hydrogen) atoms. The molecule has 4 rings (SSSR count). The molecule has 0 bridgehead atoms. The van der Waals surface area contributed by atoms with Crippen molar-refractivity contribution >= 4 is 0 Å². The van der Waals surface area contributed by atoms with Gasteiger partial charge in [-0.3, -0.25) is 0 Å². The van der Waals surface area contributed by atoms with E-state index in [-0.39, 0.29) is 13.2 Å². The summed E-state index contributed by atoms with van der Waals surface area (Å²) in [6, 6.07) is 21.0. The fourth-order valence-corrected chi connectivity index (χ4v) is 3.46. The van der Waals surface area contributed by atoms with E-state index < -0.39 is 11.7 Å². The van der Waals surface area contributed by atoms with E-state index in [9.17, 15) is 13.2 Å². The highest BCUT2D eigenvalue weighted by Gasteiger charge is 2.30. The fraction of sp³-hybridized carbons (Fsp3) is 0.120. The SMILES string of the molecule is FC(F)(F)c1cccc(COCc2cccc(-c3ccccc3)c2-c2cncnc2)c1. The molecule has 0 aliphatic rings. The molecule has 6 heteroatoms. The summed E-state index contributed by atoms with van der Waals surface area (Å²) in [7, 11) is 0. The van der Waals surface area contributed by atoms with Gasteiger partial charge in [0.25, 0.3) is 0 Å². The Balaban J connectivity index is 1.62. The maximum Gasteiger partial charge on any atom is 0.416 e. The zero-order valence-corrected chi connectivity index (χ0v) is 16.5. The molecule has 0 saturated carbocycles. The lowest BCUT2D eigenvalue weighted by Gasteiger charge is -2.16. The molecule has 1 aromatic heterocycles. The first-order valence-electron chi connectivity index (χ1n) is 9.69. The smallest absolute Gasteiger partial charge is 0.372 e. The Labute approximate surface area is 178 Å². The quantitative estimate of drug-likeness (QED) is 0.355. The van der Waals surface area contributed by atoms with Crippen molar-refractivity contribution in [1.29, 1.82) is 0 Å². The third-order valence-electron chi connectivity index (χ3n) is 4.87. The Hall–Kier alpha value is -3.51. The highest BCUT2D eigenvalue weighted by Crippen LogP contribution is 2.35. The minimum atomic E-state index is -4.37. The van der Waals surface area contributed by atoms with Gasteiger partial charge in [0.05, 0.1) is 18.8 Å². The molecule has 0 saturated heterocycles. The molecule has 156 valence electrons. The van der Waals surface area contributed by atoms with E-state index in [0.29, 0.717) is 5.56 Å². The summed E-state index contributed by atoms with van der Waals surface area (Å²) in [5.41, 5.74) is 4.54. The molecule has 0 aliphatic heterocycles. The fourth-order valence-electron chi connectivity index (χ4n) is 3.46. The lowest BCUT2D eigenvalue weighted by molar-refractivity contribution is -0.137. The first kappa shape index (κ1) is 20.8. The predicted octanol–water partition coefficient (Wildman–Crippen LogP) is 6.55. The molecule has 0 aliphatic carbocycles. The third kappa shape index (κ3) is 4.98. The van der Waals surface area contributed by atoms with Crippen LogP contribution in [0.15, 0.2) is 91.5 Å². The molecular weight excluding hydrogens is 401 g/mol. The molecule has 4 aromatic rings. The van der Waals surface area contributed by atoms with Crippen LogP contribution in [0.5, 0.6) is 0 Å². The molecular formula is C25H19F3N2O. The van der Waals surface area contributed by atoms with Crippen molar-refractivity contribution in [2.45, 2.75) is 19.4 Å². The number of aromatic nitrogens is 2. The second-order valence-corrected chi connectivity index (χ2v) is 7.02. The normalized spacial score (nSPS) is 11.5. The maximum atomic E-state index is 12.9. The Morgan fingerprint density at radius 2 is 1.48 bits per heavy atom. The van der Waals surface area contributed by atoms with Crippen LogP contribution in [0, 0.1) is 0 Å². The van der Waals surface area contributed by atoms with Crippen molar-refractivity contribution in [3.05, 3.63) is 108 Å². The van der Waals surface area contributed by atoms with Crippen molar-refractivity contribution in [2.75, 3.05) is 0 Å². The molecule has 1 heterocycles. The van der Waals surface area contributed by atoms with E-state index in [0.717, 1.165) is 39.9 Å². The molecule has 0 atom stereocenters. The van der Waals surface area contributed by atoms with Crippen LogP contribution in [-0.2, 0) is 24.1 Å². The summed E-state index contributed by atoms with van der Waals surface area (Å²) in [6.07, 6.45) is 0.578. The van der Waals surface area contributed by atoms with Gasteiger partial charge in [0, 0.05) is 18.0 Å². The van der Waals surface area contributed by atoms with Crippen LogP contribution in [0.25, 0.3) is 22.3 Å². The predicted molar refractivity (Wildman–Crippen MR) is 113 cm³/mol. The van der Waals surface area contributed by atoms with Crippen LogP contribution in [0.2, 0.25) is 0 Å². The minimum absolute atomic E-state index is 0.0736. The lowest BCUT2D eigenvalue weighted by Crippen LogP contribution is -2.05. The Morgan fingerprint density at radius 3 is 2.23 bits per heavy atom. The van der Waals surface area contributed by atoms with Gasteiger partial charge < -0.3 is 4.74 Å². The van der Waals surface area contributed by atoms with E-state index in [2.05, 4.69) is 9.97 Å². The van der Waals surface area contributed by atoms with Crippen molar-refractivity contribution in [1.82, 2.24) is 9.97 Å². The topological polar surface area (TPSA) is 35.0 Å². The van der Waals surface area contributed by atoms with Gasteiger partial charge in [-0.1, -0.05) is 60.7 Å². The third-order valence-corrected chi connectivity index (χ3v) is 4.87. The van der Waals surface area contributed by atoms with Crippen molar-refractivity contribution in [2.24, 2.45) is 0 Å².